The van der Waals surface area contributed by atoms with Crippen LogP contribution in [-0.4, -0.2) is 37.4 Å². The normalized spacial score (nSPS) is 20.1. The quantitative estimate of drug-likeness (QED) is 0.869. The molecule has 0 saturated carbocycles. The number of fused-ring (bicyclic) bond motifs is 1. The molecule has 6 nitrogen and oxygen atoms in total. The maximum atomic E-state index is 11.4. The van der Waals surface area contributed by atoms with Gasteiger partial charge in [0.2, 0.25) is 0 Å². The van der Waals surface area contributed by atoms with Crippen molar-refractivity contribution in [2.75, 3.05) is 17.6 Å². The molecule has 0 spiro atoms. The minimum Gasteiger partial charge on any atom is -0.368 e. The molecule has 0 radical (unpaired) electrons. The van der Waals surface area contributed by atoms with Crippen LogP contribution in [0.4, 0.5) is 5.82 Å². The van der Waals surface area contributed by atoms with Gasteiger partial charge in [-0.25, -0.2) is 9.89 Å². The Kier molecular flexibility index (Phi) is 3.22. The van der Waals surface area contributed by atoms with Crippen LogP contribution in [0.3, 0.4) is 0 Å². The average molecular weight is 265 g/mol. The highest BCUT2D eigenvalue weighted by Crippen LogP contribution is 2.24. The van der Waals surface area contributed by atoms with Gasteiger partial charge in [0.25, 0.3) is 0 Å². The highest BCUT2D eigenvalue weighted by Gasteiger charge is 2.13. The number of hydrogen-bond donors (Lipinski definition) is 2. The van der Waals surface area contributed by atoms with Crippen molar-refractivity contribution >= 4 is 23.2 Å². The van der Waals surface area contributed by atoms with Crippen molar-refractivity contribution in [1.82, 2.24) is 19.8 Å². The van der Waals surface area contributed by atoms with E-state index in [1.54, 1.807) is 6.07 Å². The van der Waals surface area contributed by atoms with Gasteiger partial charge in [-0.1, -0.05) is 6.42 Å². The number of hydrogen-bond acceptors (Lipinski definition) is 5. The van der Waals surface area contributed by atoms with Gasteiger partial charge < -0.3 is 5.32 Å². The fourth-order valence-electron chi connectivity index (χ4n) is 2.08. The second-order valence-corrected chi connectivity index (χ2v) is 5.80. The molecule has 2 aromatic heterocycles. The first-order chi connectivity index (χ1) is 8.83. The number of H-pyrrole nitrogens is 1. The Hall–Kier alpha value is -1.50. The number of thioether (sulfide) groups is 1. The van der Waals surface area contributed by atoms with E-state index in [1.807, 2.05) is 17.8 Å². The summed E-state index contributed by atoms with van der Waals surface area (Å²) in [5.41, 5.74) is 0.235. The van der Waals surface area contributed by atoms with Gasteiger partial charge in [0.15, 0.2) is 5.65 Å². The summed E-state index contributed by atoms with van der Waals surface area (Å²) in [5, 5.41) is 14.4. The smallest absolute Gasteiger partial charge is 0.364 e. The lowest BCUT2D eigenvalue weighted by Crippen LogP contribution is -2.21. The summed E-state index contributed by atoms with van der Waals surface area (Å²) in [6.45, 7) is 0.899. The van der Waals surface area contributed by atoms with Gasteiger partial charge in [0, 0.05) is 11.8 Å². The summed E-state index contributed by atoms with van der Waals surface area (Å²) >= 11 is 2.01. The molecule has 96 valence electrons. The average Bonchev–Trinajstić information content (AvgIpc) is 2.79. The third kappa shape index (κ3) is 2.35. The number of nitrogens with zero attached hydrogens (tertiary/aromatic N) is 3. The SMILES string of the molecule is O=c1[nH]nc2ccc(NCC3CCCCS3)nn12. The van der Waals surface area contributed by atoms with Crippen LogP contribution < -0.4 is 11.0 Å². The van der Waals surface area contributed by atoms with E-state index in [0.29, 0.717) is 10.9 Å². The lowest BCUT2D eigenvalue weighted by atomic mass is 10.2. The molecule has 1 fully saturated rings. The van der Waals surface area contributed by atoms with E-state index >= 15 is 0 Å². The summed E-state index contributed by atoms with van der Waals surface area (Å²) < 4.78 is 1.27. The van der Waals surface area contributed by atoms with Crippen molar-refractivity contribution in [3.05, 3.63) is 22.6 Å². The molecule has 3 heterocycles. The molecule has 1 saturated heterocycles. The molecule has 2 aromatic rings. The van der Waals surface area contributed by atoms with Crippen LogP contribution in [0.2, 0.25) is 0 Å². The van der Waals surface area contributed by atoms with E-state index < -0.39 is 0 Å². The molecule has 18 heavy (non-hydrogen) atoms. The second-order valence-electron chi connectivity index (χ2n) is 4.39. The van der Waals surface area contributed by atoms with E-state index in [0.717, 1.165) is 12.4 Å². The minimum absolute atomic E-state index is 0.305. The molecule has 0 amide bonds. The Morgan fingerprint density at radius 3 is 3.28 bits per heavy atom. The molecular formula is C11H15N5OS. The molecule has 1 atom stereocenters. The Bertz CT molecular complexity index is 586. The first-order valence-corrected chi connectivity index (χ1v) is 7.18. The zero-order valence-electron chi connectivity index (χ0n) is 9.93. The summed E-state index contributed by atoms with van der Waals surface area (Å²) in [6, 6.07) is 3.63. The number of anilines is 1. The zero-order chi connectivity index (χ0) is 12.4. The predicted molar refractivity (Wildman–Crippen MR) is 72.2 cm³/mol. The van der Waals surface area contributed by atoms with Gasteiger partial charge in [-0.05, 0) is 30.7 Å². The lowest BCUT2D eigenvalue weighted by Gasteiger charge is -2.21. The zero-order valence-corrected chi connectivity index (χ0v) is 10.7. The van der Waals surface area contributed by atoms with E-state index in [2.05, 4.69) is 20.6 Å². The van der Waals surface area contributed by atoms with Gasteiger partial charge >= 0.3 is 5.69 Å². The minimum atomic E-state index is -0.305. The standard InChI is InChI=1S/C11H15N5OS/c17-11-14-13-10-5-4-9(15-16(10)11)12-7-8-3-1-2-6-18-8/h4-5,8H,1-3,6-7H2,(H,12,15)(H,14,17). The second kappa shape index (κ2) is 5.01. The topological polar surface area (TPSA) is 75.1 Å². The third-order valence-electron chi connectivity index (χ3n) is 3.06. The maximum Gasteiger partial charge on any atom is 0.364 e. The number of aromatic amines is 1. The number of aromatic nitrogens is 4. The fraction of sp³-hybridized carbons (Fsp3) is 0.545. The van der Waals surface area contributed by atoms with Crippen LogP contribution in [-0.2, 0) is 0 Å². The number of nitrogens with one attached hydrogen (secondary N) is 2. The van der Waals surface area contributed by atoms with Crippen LogP contribution in [0.1, 0.15) is 19.3 Å². The highest BCUT2D eigenvalue weighted by molar-refractivity contribution is 7.99. The third-order valence-corrected chi connectivity index (χ3v) is 4.46. The molecule has 0 aromatic carbocycles. The van der Waals surface area contributed by atoms with E-state index in [4.69, 9.17) is 0 Å². The van der Waals surface area contributed by atoms with Crippen LogP contribution in [0.5, 0.6) is 0 Å². The van der Waals surface area contributed by atoms with E-state index in [9.17, 15) is 4.79 Å². The molecule has 0 aliphatic carbocycles. The predicted octanol–water partition coefficient (Wildman–Crippen LogP) is 1.12. The molecular weight excluding hydrogens is 250 g/mol. The van der Waals surface area contributed by atoms with Crippen LogP contribution in [0.15, 0.2) is 16.9 Å². The van der Waals surface area contributed by atoms with Crippen LogP contribution >= 0.6 is 11.8 Å². The molecule has 7 heteroatoms. The van der Waals surface area contributed by atoms with Crippen LogP contribution in [0, 0.1) is 0 Å². The first-order valence-electron chi connectivity index (χ1n) is 6.13. The van der Waals surface area contributed by atoms with Gasteiger partial charge in [-0.2, -0.15) is 21.4 Å². The number of rotatable bonds is 3. The summed E-state index contributed by atoms with van der Waals surface area (Å²) in [7, 11) is 0. The van der Waals surface area contributed by atoms with Crippen molar-refractivity contribution in [1.29, 1.82) is 0 Å². The maximum absolute atomic E-state index is 11.4. The lowest BCUT2D eigenvalue weighted by molar-refractivity contribution is 0.676. The van der Waals surface area contributed by atoms with Gasteiger partial charge in [0.05, 0.1) is 0 Å². The molecule has 1 unspecified atom stereocenters. The van der Waals surface area contributed by atoms with E-state index in [-0.39, 0.29) is 5.69 Å². The first kappa shape index (κ1) is 11.6. The van der Waals surface area contributed by atoms with Crippen molar-refractivity contribution in [3.63, 3.8) is 0 Å². The van der Waals surface area contributed by atoms with Crippen molar-refractivity contribution in [2.45, 2.75) is 24.5 Å². The molecule has 0 bridgehead atoms. The molecule has 1 aliphatic heterocycles. The van der Waals surface area contributed by atoms with Crippen molar-refractivity contribution < 1.29 is 0 Å². The summed E-state index contributed by atoms with van der Waals surface area (Å²) in [5.74, 6) is 1.97. The van der Waals surface area contributed by atoms with Crippen LogP contribution in [0.25, 0.3) is 5.65 Å². The molecule has 1 aliphatic rings. The largest absolute Gasteiger partial charge is 0.368 e. The molecule has 2 N–H and O–H groups in total. The Morgan fingerprint density at radius 2 is 2.44 bits per heavy atom. The Labute approximate surface area is 108 Å². The van der Waals surface area contributed by atoms with Gasteiger partial charge in [-0.3, -0.25) is 0 Å². The fourth-order valence-corrected chi connectivity index (χ4v) is 3.32. The van der Waals surface area contributed by atoms with Gasteiger partial charge in [-0.15, -0.1) is 5.10 Å². The molecule has 3 rings (SSSR count). The Balaban J connectivity index is 1.70. The van der Waals surface area contributed by atoms with E-state index in [1.165, 1.54) is 29.5 Å². The van der Waals surface area contributed by atoms with Crippen molar-refractivity contribution in [3.8, 4) is 0 Å². The monoisotopic (exact) mass is 265 g/mol. The van der Waals surface area contributed by atoms with Gasteiger partial charge in [0.1, 0.15) is 5.82 Å². The summed E-state index contributed by atoms with van der Waals surface area (Å²) in [6.07, 6.45) is 3.90. The Morgan fingerprint density at radius 1 is 1.50 bits per heavy atom. The van der Waals surface area contributed by atoms with Crippen molar-refractivity contribution in [2.24, 2.45) is 0 Å². The summed E-state index contributed by atoms with van der Waals surface area (Å²) in [4.78, 5) is 11.4. The highest BCUT2D eigenvalue weighted by atomic mass is 32.2.